The van der Waals surface area contributed by atoms with Crippen molar-refractivity contribution in [3.63, 3.8) is 0 Å². The molecule has 0 heterocycles. The van der Waals surface area contributed by atoms with Crippen molar-refractivity contribution in [2.75, 3.05) is 12.9 Å². The molecule has 1 aliphatic carbocycles. The van der Waals surface area contributed by atoms with Gasteiger partial charge in [-0.3, -0.25) is 0 Å². The van der Waals surface area contributed by atoms with Crippen LogP contribution in [0.2, 0.25) is 0 Å². The van der Waals surface area contributed by atoms with Crippen LogP contribution >= 0.6 is 11.8 Å². The number of nitrogens with one attached hydrogen (secondary N) is 2. The summed E-state index contributed by atoms with van der Waals surface area (Å²) in [6, 6.07) is 0.0529. The van der Waals surface area contributed by atoms with Crippen LogP contribution in [0.15, 0.2) is 12.2 Å². The van der Waals surface area contributed by atoms with E-state index in [4.69, 9.17) is 5.11 Å². The minimum absolute atomic E-state index is 0.0330. The van der Waals surface area contributed by atoms with Gasteiger partial charge in [0.15, 0.2) is 0 Å². The first-order chi connectivity index (χ1) is 7.67. The Hall–Kier alpha value is -0.680. The second-order valence-electron chi connectivity index (χ2n) is 4.00. The van der Waals surface area contributed by atoms with E-state index in [1.54, 1.807) is 11.8 Å². The number of carbonyl (C=O) groups is 1. The zero-order valence-electron chi connectivity index (χ0n) is 9.77. The Kier molecular flexibility index (Phi) is 5.69. The topological polar surface area (TPSA) is 61.4 Å². The van der Waals surface area contributed by atoms with Crippen molar-refractivity contribution >= 4 is 17.8 Å². The Labute approximate surface area is 101 Å². The van der Waals surface area contributed by atoms with E-state index in [1.807, 2.05) is 13.2 Å². The Morgan fingerprint density at radius 1 is 1.56 bits per heavy atom. The van der Waals surface area contributed by atoms with Crippen molar-refractivity contribution in [3.05, 3.63) is 12.2 Å². The molecule has 2 atom stereocenters. The number of hydrogen-bond donors (Lipinski definition) is 3. The van der Waals surface area contributed by atoms with Crippen LogP contribution in [-0.2, 0) is 0 Å². The van der Waals surface area contributed by atoms with Gasteiger partial charge in [-0.15, -0.1) is 0 Å². The largest absolute Gasteiger partial charge is 0.395 e. The van der Waals surface area contributed by atoms with Gasteiger partial charge in [0.2, 0.25) is 0 Å². The van der Waals surface area contributed by atoms with E-state index in [-0.39, 0.29) is 30.0 Å². The highest BCUT2D eigenvalue weighted by Crippen LogP contribution is 2.11. The van der Waals surface area contributed by atoms with Crippen molar-refractivity contribution < 1.29 is 9.90 Å². The van der Waals surface area contributed by atoms with Crippen molar-refractivity contribution in [1.82, 2.24) is 10.6 Å². The lowest BCUT2D eigenvalue weighted by atomic mass is 10.2. The van der Waals surface area contributed by atoms with E-state index in [0.717, 1.165) is 12.8 Å². The molecule has 0 saturated carbocycles. The quantitative estimate of drug-likeness (QED) is 0.635. The van der Waals surface area contributed by atoms with Crippen LogP contribution in [-0.4, -0.2) is 41.3 Å². The van der Waals surface area contributed by atoms with E-state index in [0.29, 0.717) is 0 Å². The SMILES string of the molecule is CSC(CO)C(C)NC(=O)NC1CC=CC1. The van der Waals surface area contributed by atoms with E-state index in [2.05, 4.69) is 22.8 Å². The molecule has 0 fully saturated rings. The van der Waals surface area contributed by atoms with Gasteiger partial charge in [-0.25, -0.2) is 4.79 Å². The van der Waals surface area contributed by atoms with Crippen LogP contribution in [0.5, 0.6) is 0 Å². The number of rotatable bonds is 5. The maximum absolute atomic E-state index is 11.6. The number of carbonyl (C=O) groups excluding carboxylic acids is 1. The van der Waals surface area contributed by atoms with Crippen molar-refractivity contribution in [3.8, 4) is 0 Å². The molecule has 92 valence electrons. The third-order valence-corrected chi connectivity index (χ3v) is 3.91. The van der Waals surface area contributed by atoms with Crippen LogP contribution in [0.1, 0.15) is 19.8 Å². The third kappa shape index (κ3) is 4.06. The van der Waals surface area contributed by atoms with Gasteiger partial charge in [0.05, 0.1) is 6.61 Å². The van der Waals surface area contributed by atoms with Crippen LogP contribution in [0.3, 0.4) is 0 Å². The number of aliphatic hydroxyl groups is 1. The van der Waals surface area contributed by atoms with Gasteiger partial charge < -0.3 is 15.7 Å². The molecule has 1 aliphatic rings. The van der Waals surface area contributed by atoms with Gasteiger partial charge in [-0.05, 0) is 26.0 Å². The van der Waals surface area contributed by atoms with E-state index in [9.17, 15) is 4.79 Å². The van der Waals surface area contributed by atoms with Crippen LogP contribution in [0.4, 0.5) is 4.79 Å². The first-order valence-electron chi connectivity index (χ1n) is 5.53. The lowest BCUT2D eigenvalue weighted by molar-refractivity contribution is 0.229. The first kappa shape index (κ1) is 13.4. The minimum Gasteiger partial charge on any atom is -0.395 e. The molecule has 2 amide bonds. The molecule has 0 saturated heterocycles. The summed E-state index contributed by atoms with van der Waals surface area (Å²) in [4.78, 5) is 11.6. The second-order valence-corrected chi connectivity index (χ2v) is 5.08. The van der Waals surface area contributed by atoms with Crippen LogP contribution < -0.4 is 10.6 Å². The predicted octanol–water partition coefficient (Wildman–Crippen LogP) is 1.12. The molecule has 3 N–H and O–H groups in total. The fraction of sp³-hybridized carbons (Fsp3) is 0.727. The zero-order valence-corrected chi connectivity index (χ0v) is 10.6. The van der Waals surface area contributed by atoms with Crippen LogP contribution in [0.25, 0.3) is 0 Å². The monoisotopic (exact) mass is 244 g/mol. The molecule has 4 nitrogen and oxygen atoms in total. The average molecular weight is 244 g/mol. The van der Waals surface area contributed by atoms with Crippen molar-refractivity contribution in [2.45, 2.75) is 37.1 Å². The molecule has 0 aromatic rings. The summed E-state index contributed by atoms with van der Waals surface area (Å²) in [5, 5.41) is 14.9. The lowest BCUT2D eigenvalue weighted by Crippen LogP contribution is -2.48. The van der Waals surface area contributed by atoms with Crippen molar-refractivity contribution in [1.29, 1.82) is 0 Å². The van der Waals surface area contributed by atoms with E-state index < -0.39 is 0 Å². The number of urea groups is 1. The summed E-state index contributed by atoms with van der Waals surface area (Å²) in [6.07, 6.45) is 7.90. The standard InChI is InChI=1S/C11H20N2O2S/c1-8(10(7-14)16-2)12-11(15)13-9-5-3-4-6-9/h3-4,8-10,14H,5-7H2,1-2H3,(H2,12,13,15). The van der Waals surface area contributed by atoms with Gasteiger partial charge in [0.1, 0.15) is 0 Å². The molecule has 2 unspecified atom stereocenters. The van der Waals surface area contributed by atoms with Crippen molar-refractivity contribution in [2.24, 2.45) is 0 Å². The smallest absolute Gasteiger partial charge is 0.315 e. The minimum atomic E-state index is -0.145. The molecule has 5 heteroatoms. The summed E-state index contributed by atoms with van der Waals surface area (Å²) in [5.74, 6) is 0. The Morgan fingerprint density at radius 2 is 2.19 bits per heavy atom. The normalized spacial score (nSPS) is 19.4. The molecule has 0 radical (unpaired) electrons. The molecule has 0 spiro atoms. The van der Waals surface area contributed by atoms with Gasteiger partial charge in [-0.1, -0.05) is 12.2 Å². The summed E-state index contributed by atoms with van der Waals surface area (Å²) in [6.45, 7) is 1.98. The zero-order chi connectivity index (χ0) is 12.0. The number of aliphatic hydroxyl groups excluding tert-OH is 1. The predicted molar refractivity (Wildman–Crippen MR) is 67.7 cm³/mol. The fourth-order valence-electron chi connectivity index (χ4n) is 1.70. The number of hydrogen-bond acceptors (Lipinski definition) is 3. The molecular weight excluding hydrogens is 224 g/mol. The fourth-order valence-corrected chi connectivity index (χ4v) is 2.32. The van der Waals surface area contributed by atoms with Crippen LogP contribution in [0, 0.1) is 0 Å². The molecular formula is C11H20N2O2S. The third-order valence-electron chi connectivity index (χ3n) is 2.74. The Morgan fingerprint density at radius 3 is 2.69 bits per heavy atom. The molecule has 0 aliphatic heterocycles. The van der Waals surface area contributed by atoms with E-state index in [1.165, 1.54) is 0 Å². The molecule has 0 aromatic carbocycles. The second kappa shape index (κ2) is 6.81. The lowest BCUT2D eigenvalue weighted by Gasteiger charge is -2.22. The highest BCUT2D eigenvalue weighted by atomic mass is 32.2. The van der Waals surface area contributed by atoms with Gasteiger partial charge >= 0.3 is 6.03 Å². The van der Waals surface area contributed by atoms with Gasteiger partial charge in [0, 0.05) is 17.3 Å². The highest BCUT2D eigenvalue weighted by molar-refractivity contribution is 7.99. The maximum atomic E-state index is 11.6. The average Bonchev–Trinajstić information content (AvgIpc) is 2.71. The first-order valence-corrected chi connectivity index (χ1v) is 6.81. The Bertz CT molecular complexity index is 246. The summed E-state index contributed by atoms with van der Waals surface area (Å²) < 4.78 is 0. The molecule has 1 rings (SSSR count). The number of amides is 2. The Balaban J connectivity index is 2.27. The molecule has 16 heavy (non-hydrogen) atoms. The van der Waals surface area contributed by atoms with Gasteiger partial charge in [0.25, 0.3) is 0 Å². The van der Waals surface area contributed by atoms with Gasteiger partial charge in [-0.2, -0.15) is 11.8 Å². The maximum Gasteiger partial charge on any atom is 0.315 e. The molecule has 0 aromatic heterocycles. The summed E-state index contributed by atoms with van der Waals surface area (Å²) in [5.41, 5.74) is 0. The summed E-state index contributed by atoms with van der Waals surface area (Å²) >= 11 is 1.56. The number of thioether (sulfide) groups is 1. The molecule has 0 bridgehead atoms. The highest BCUT2D eigenvalue weighted by Gasteiger charge is 2.19. The summed E-state index contributed by atoms with van der Waals surface area (Å²) in [7, 11) is 0. The van der Waals surface area contributed by atoms with E-state index >= 15 is 0 Å².